The second-order valence-corrected chi connectivity index (χ2v) is 14.6. The van der Waals surface area contributed by atoms with Gasteiger partial charge in [0.25, 0.3) is 11.8 Å². The van der Waals surface area contributed by atoms with Gasteiger partial charge in [-0.05, 0) is 76.6 Å². The molecule has 3 heterocycles. The van der Waals surface area contributed by atoms with Crippen LogP contribution < -0.4 is 27.3 Å². The van der Waals surface area contributed by atoms with Crippen molar-refractivity contribution in [2.45, 2.75) is 88.2 Å². The van der Waals surface area contributed by atoms with E-state index in [1.165, 1.54) is 19.2 Å². The summed E-state index contributed by atoms with van der Waals surface area (Å²) in [6.07, 6.45) is 2.52. The molecule has 2 fully saturated rings. The summed E-state index contributed by atoms with van der Waals surface area (Å²) in [5.74, 6) is -0.620. The highest BCUT2D eigenvalue weighted by Crippen LogP contribution is 2.36. The van der Waals surface area contributed by atoms with Crippen LogP contribution in [-0.2, 0) is 40.3 Å². The predicted octanol–water partition coefficient (Wildman–Crippen LogP) is 0.670. The van der Waals surface area contributed by atoms with Crippen molar-refractivity contribution in [3.8, 4) is 5.75 Å². The fourth-order valence-electron chi connectivity index (χ4n) is 5.87. The Kier molecular flexibility index (Phi) is 10.0. The van der Waals surface area contributed by atoms with Crippen LogP contribution in [0.25, 0.3) is 0 Å². The lowest BCUT2D eigenvalue weighted by Crippen LogP contribution is -2.76. The number of methoxy groups -OCH3 is 1. The molecule has 262 valence electrons. The zero-order valence-electron chi connectivity index (χ0n) is 26.9. The number of ether oxygens (including phenoxy) is 2. The predicted molar refractivity (Wildman–Crippen MR) is 175 cm³/mol. The maximum absolute atomic E-state index is 13.3. The van der Waals surface area contributed by atoms with Gasteiger partial charge in [-0.3, -0.25) is 19.1 Å². The van der Waals surface area contributed by atoms with E-state index in [0.29, 0.717) is 36.1 Å². The molecule has 1 saturated heterocycles. The second-order valence-electron chi connectivity index (χ2n) is 12.7. The molecule has 1 aromatic heterocycles. The van der Waals surface area contributed by atoms with Crippen molar-refractivity contribution in [3.63, 3.8) is 0 Å². The van der Waals surface area contributed by atoms with Crippen LogP contribution in [0, 0.1) is 0 Å². The van der Waals surface area contributed by atoms with Gasteiger partial charge in [0, 0.05) is 30.2 Å². The number of amides is 2. The first kappa shape index (κ1) is 35.4. The average molecular weight is 709 g/mol. The third-order valence-electron chi connectivity index (χ3n) is 8.68. The van der Waals surface area contributed by atoms with Crippen molar-refractivity contribution >= 4 is 50.2 Å². The Labute approximate surface area is 281 Å². The van der Waals surface area contributed by atoms with Crippen molar-refractivity contribution in [3.05, 3.63) is 40.4 Å². The maximum Gasteiger partial charge on any atom is 0.418 e. The number of anilines is 1. The SMILES string of the molecule is COCCC1(N)CC(N=C(N)c2ccc3c(c2)CCC(C(C)O/N=C(\C(=O)NC2C(=O)N(OS(=O)(=O)O)C2(C)C)c2csc(N)n2)O3)C1. The second kappa shape index (κ2) is 13.6. The van der Waals surface area contributed by atoms with Crippen LogP contribution in [0.2, 0.25) is 0 Å². The number of aromatic nitrogens is 1. The molecule has 1 saturated carbocycles. The number of hydrogen-bond donors (Lipinski definition) is 5. The van der Waals surface area contributed by atoms with Crippen molar-refractivity contribution < 1.29 is 41.2 Å². The molecule has 3 unspecified atom stereocenters. The quantitative estimate of drug-likeness (QED) is 0.0631. The maximum atomic E-state index is 13.3. The molecule has 0 radical (unpaired) electrons. The van der Waals surface area contributed by atoms with Gasteiger partial charge in [0.05, 0.1) is 11.6 Å². The summed E-state index contributed by atoms with van der Waals surface area (Å²) < 4.78 is 47.0. The highest BCUT2D eigenvalue weighted by molar-refractivity contribution is 7.80. The van der Waals surface area contributed by atoms with Gasteiger partial charge >= 0.3 is 10.4 Å². The van der Waals surface area contributed by atoms with E-state index in [9.17, 15) is 18.0 Å². The number of rotatable bonds is 13. The Bertz CT molecular complexity index is 1720. The summed E-state index contributed by atoms with van der Waals surface area (Å²) in [6.45, 7) is 5.23. The summed E-state index contributed by atoms with van der Waals surface area (Å²) in [4.78, 5) is 40.5. The molecule has 1 aliphatic carbocycles. The fraction of sp³-hybridized carbons (Fsp3) is 0.552. The van der Waals surface area contributed by atoms with Gasteiger partial charge in [-0.1, -0.05) is 5.16 Å². The number of β-lactam (4-membered cyclic amide) rings is 1. The lowest BCUT2D eigenvalue weighted by molar-refractivity contribution is -0.218. The van der Waals surface area contributed by atoms with Crippen molar-refractivity contribution in [1.82, 2.24) is 15.4 Å². The van der Waals surface area contributed by atoms with E-state index in [2.05, 4.69) is 24.7 Å². The number of benzene rings is 1. The van der Waals surface area contributed by atoms with Gasteiger partial charge in [0.2, 0.25) is 0 Å². The molecule has 3 aliphatic rings. The largest absolute Gasteiger partial charge is 0.486 e. The Hall–Kier alpha value is -3.88. The summed E-state index contributed by atoms with van der Waals surface area (Å²) in [5, 5.41) is 8.71. The first-order chi connectivity index (χ1) is 22.5. The van der Waals surface area contributed by atoms with E-state index < -0.39 is 46.0 Å². The summed E-state index contributed by atoms with van der Waals surface area (Å²) in [5.41, 5.74) is 18.5. The smallest absolute Gasteiger partial charge is 0.418 e. The molecular formula is C29H40N8O9S2. The van der Waals surface area contributed by atoms with Crippen LogP contribution in [0.5, 0.6) is 5.75 Å². The number of hydroxylamine groups is 2. The first-order valence-electron chi connectivity index (χ1n) is 15.2. The molecule has 19 heteroatoms. The number of amidine groups is 1. The van der Waals surface area contributed by atoms with Crippen LogP contribution in [0.4, 0.5) is 5.13 Å². The van der Waals surface area contributed by atoms with Gasteiger partial charge < -0.3 is 36.8 Å². The first-order valence-corrected chi connectivity index (χ1v) is 17.4. The average Bonchev–Trinajstić information content (AvgIpc) is 3.45. The lowest BCUT2D eigenvalue weighted by Gasteiger charge is -2.50. The van der Waals surface area contributed by atoms with Crippen LogP contribution >= 0.6 is 11.3 Å². The Morgan fingerprint density at radius 3 is 2.69 bits per heavy atom. The normalized spacial score (nSPS) is 26.1. The number of carbonyl (C=O) groups is 2. The van der Waals surface area contributed by atoms with Gasteiger partial charge in [-0.25, -0.2) is 4.98 Å². The number of nitrogens with one attached hydrogen (secondary N) is 1. The molecule has 48 heavy (non-hydrogen) atoms. The minimum Gasteiger partial charge on any atom is -0.486 e. The number of hydrogen-bond acceptors (Lipinski definition) is 14. The van der Waals surface area contributed by atoms with Gasteiger partial charge in [0.15, 0.2) is 16.9 Å². The standard InChI is InChI=1S/C29H40N8O9S2/c1-15(20-7-5-16-11-17(6-8-21(16)44-20)24(30)33-18-12-29(32,13-18)9-10-43-4)45-36-22(19-14-47-27(31)34-19)25(38)35-23-26(39)37(28(23,2)3)46-48(40,41)42/h6,8,11,14-15,18,20,23H,5,7,9-10,12-13,32H2,1-4H3,(H2,30,33)(H2,31,34)(H,35,38)(H,40,41,42)/b36-22-. The number of oxime groups is 1. The Morgan fingerprint density at radius 2 is 2.06 bits per heavy atom. The van der Waals surface area contributed by atoms with Crippen LogP contribution in [0.1, 0.15) is 63.3 Å². The number of thiazole rings is 1. The van der Waals surface area contributed by atoms with Crippen molar-refractivity contribution in [2.75, 3.05) is 19.5 Å². The monoisotopic (exact) mass is 708 g/mol. The number of nitrogens with two attached hydrogens (primary N) is 3. The van der Waals surface area contributed by atoms with Crippen molar-refractivity contribution in [2.24, 2.45) is 21.6 Å². The van der Waals surface area contributed by atoms with Crippen molar-refractivity contribution in [1.29, 1.82) is 0 Å². The van der Waals surface area contributed by atoms with E-state index >= 15 is 0 Å². The molecule has 0 spiro atoms. The van der Waals surface area contributed by atoms with E-state index in [1.807, 2.05) is 18.2 Å². The molecule has 5 rings (SSSR count). The molecule has 2 amide bonds. The molecule has 2 aliphatic heterocycles. The molecule has 1 aromatic carbocycles. The minimum absolute atomic E-state index is 0.0734. The molecule has 2 aromatic rings. The molecule has 17 nitrogen and oxygen atoms in total. The number of nitrogens with zero attached hydrogens (tertiary/aromatic N) is 4. The van der Waals surface area contributed by atoms with E-state index in [-0.39, 0.29) is 28.1 Å². The number of carbonyl (C=O) groups excluding carboxylic acids is 2. The van der Waals surface area contributed by atoms with Gasteiger partial charge in [-0.2, -0.15) is 13.5 Å². The highest BCUT2D eigenvalue weighted by Gasteiger charge is 2.58. The molecular weight excluding hydrogens is 668 g/mol. The highest BCUT2D eigenvalue weighted by atomic mass is 32.3. The van der Waals surface area contributed by atoms with Crippen LogP contribution in [-0.4, -0.2) is 95.5 Å². The van der Waals surface area contributed by atoms with Crippen LogP contribution in [0.15, 0.2) is 33.7 Å². The topological polar surface area (TPSA) is 256 Å². The molecule has 8 N–H and O–H groups in total. The summed E-state index contributed by atoms with van der Waals surface area (Å²) in [7, 11) is -3.30. The number of fused-ring (bicyclic) bond motifs is 1. The number of nitrogen functional groups attached to an aromatic ring is 1. The Balaban J connectivity index is 1.22. The number of aryl methyl sites for hydroxylation is 1. The minimum atomic E-state index is -4.96. The van der Waals surface area contributed by atoms with Gasteiger partial charge in [-0.15, -0.1) is 15.6 Å². The molecule has 0 bridgehead atoms. The van der Waals surface area contributed by atoms with E-state index in [1.54, 1.807) is 14.0 Å². The third-order valence-corrected chi connectivity index (χ3v) is 9.69. The van der Waals surface area contributed by atoms with E-state index in [0.717, 1.165) is 41.7 Å². The third kappa shape index (κ3) is 7.71. The Morgan fingerprint density at radius 1 is 1.33 bits per heavy atom. The summed E-state index contributed by atoms with van der Waals surface area (Å²) >= 11 is 1.07. The zero-order valence-corrected chi connectivity index (χ0v) is 28.5. The number of aliphatic imine (C=N–C) groups is 1. The van der Waals surface area contributed by atoms with E-state index in [4.69, 9.17) is 36.1 Å². The lowest BCUT2D eigenvalue weighted by atomic mass is 9.72. The molecule has 3 atom stereocenters. The zero-order chi connectivity index (χ0) is 35.0. The van der Waals surface area contributed by atoms with Crippen LogP contribution in [0.3, 0.4) is 0 Å². The van der Waals surface area contributed by atoms with Gasteiger partial charge in [0.1, 0.15) is 29.4 Å². The summed E-state index contributed by atoms with van der Waals surface area (Å²) in [6, 6.07) is 4.52. The fourth-order valence-corrected chi connectivity index (χ4v) is 6.88.